The van der Waals surface area contributed by atoms with Crippen molar-refractivity contribution in [3.63, 3.8) is 0 Å². The minimum absolute atomic E-state index is 0.0124. The summed E-state index contributed by atoms with van der Waals surface area (Å²) in [5.41, 5.74) is -0.165. The second kappa shape index (κ2) is 4.74. The highest BCUT2D eigenvalue weighted by Crippen LogP contribution is 2.34. The molecule has 0 aromatic heterocycles. The van der Waals surface area contributed by atoms with Gasteiger partial charge in [0.1, 0.15) is 5.02 Å². The van der Waals surface area contributed by atoms with E-state index in [1.807, 2.05) is 0 Å². The van der Waals surface area contributed by atoms with Crippen LogP contribution in [0.1, 0.15) is 23.2 Å². The van der Waals surface area contributed by atoms with Crippen LogP contribution in [0.3, 0.4) is 0 Å². The van der Waals surface area contributed by atoms with Crippen LogP contribution in [0.4, 0.5) is 5.69 Å². The molecule has 1 aliphatic carbocycles. The van der Waals surface area contributed by atoms with Crippen LogP contribution in [0.2, 0.25) is 10.0 Å². The Hall–Kier alpha value is -1.33. The maximum absolute atomic E-state index is 12.1. The van der Waals surface area contributed by atoms with Gasteiger partial charge in [0.25, 0.3) is 11.6 Å². The lowest BCUT2D eigenvalue weighted by Crippen LogP contribution is -2.28. The van der Waals surface area contributed by atoms with Crippen LogP contribution in [0.15, 0.2) is 12.1 Å². The summed E-state index contributed by atoms with van der Waals surface area (Å²) in [4.78, 5) is 23.8. The summed E-state index contributed by atoms with van der Waals surface area (Å²) in [7, 11) is 1.67. The van der Waals surface area contributed by atoms with Crippen LogP contribution < -0.4 is 0 Å². The molecule has 2 rings (SSSR count). The van der Waals surface area contributed by atoms with Crippen molar-refractivity contribution in [2.24, 2.45) is 0 Å². The average Bonchev–Trinajstić information content (AvgIpc) is 3.14. The van der Waals surface area contributed by atoms with Gasteiger partial charge in [0, 0.05) is 24.7 Å². The smallest absolute Gasteiger partial charge is 0.290 e. The van der Waals surface area contributed by atoms with Crippen LogP contribution in [0.25, 0.3) is 0 Å². The van der Waals surface area contributed by atoms with Crippen molar-refractivity contribution in [3.05, 3.63) is 37.9 Å². The number of rotatable bonds is 3. The van der Waals surface area contributed by atoms with Crippen molar-refractivity contribution in [2.45, 2.75) is 18.9 Å². The molecule has 0 heterocycles. The standard InChI is InChI=1S/C11H10Cl2N2O3/c1-14(7-2-3-7)11(16)6-4-8(12)10(13)9(5-6)15(17)18/h4-5,7H,2-3H2,1H3. The van der Waals surface area contributed by atoms with Crippen molar-refractivity contribution < 1.29 is 9.72 Å². The number of carbonyl (C=O) groups is 1. The van der Waals surface area contributed by atoms with Crippen LogP contribution in [0.5, 0.6) is 0 Å². The molecule has 5 nitrogen and oxygen atoms in total. The van der Waals surface area contributed by atoms with E-state index in [9.17, 15) is 14.9 Å². The number of hydrogen-bond acceptors (Lipinski definition) is 3. The van der Waals surface area contributed by atoms with E-state index in [0.29, 0.717) is 0 Å². The predicted octanol–water partition coefficient (Wildman–Crippen LogP) is 3.14. The molecule has 18 heavy (non-hydrogen) atoms. The Morgan fingerprint density at radius 1 is 1.44 bits per heavy atom. The molecule has 1 aliphatic rings. The zero-order chi connectivity index (χ0) is 13.4. The normalized spacial score (nSPS) is 14.4. The fraction of sp³-hybridized carbons (Fsp3) is 0.364. The van der Waals surface area contributed by atoms with Crippen LogP contribution in [-0.2, 0) is 0 Å². The fourth-order valence-corrected chi connectivity index (χ4v) is 2.05. The Balaban J connectivity index is 2.39. The fourth-order valence-electron chi connectivity index (χ4n) is 1.66. The number of halogens is 2. The Labute approximate surface area is 113 Å². The van der Waals surface area contributed by atoms with Crippen molar-refractivity contribution in [1.29, 1.82) is 0 Å². The molecule has 96 valence electrons. The van der Waals surface area contributed by atoms with E-state index in [1.54, 1.807) is 11.9 Å². The number of carbonyl (C=O) groups excluding carboxylic acids is 1. The molecule has 0 unspecified atom stereocenters. The number of hydrogen-bond donors (Lipinski definition) is 0. The first-order valence-electron chi connectivity index (χ1n) is 5.32. The van der Waals surface area contributed by atoms with Gasteiger partial charge in [-0.3, -0.25) is 14.9 Å². The Morgan fingerprint density at radius 3 is 2.56 bits per heavy atom. The molecule has 1 saturated carbocycles. The second-order valence-electron chi connectivity index (χ2n) is 4.20. The number of amides is 1. The van der Waals surface area contributed by atoms with Crippen LogP contribution >= 0.6 is 23.2 Å². The van der Waals surface area contributed by atoms with Gasteiger partial charge in [0.2, 0.25) is 0 Å². The molecule has 0 radical (unpaired) electrons. The SMILES string of the molecule is CN(C(=O)c1cc(Cl)c(Cl)c([N+](=O)[O-])c1)C1CC1. The van der Waals surface area contributed by atoms with E-state index < -0.39 is 4.92 Å². The number of benzene rings is 1. The average molecular weight is 289 g/mol. The summed E-state index contributed by atoms with van der Waals surface area (Å²) >= 11 is 11.5. The molecule has 0 N–H and O–H groups in total. The van der Waals surface area contributed by atoms with Crippen LogP contribution in [-0.4, -0.2) is 28.8 Å². The third kappa shape index (κ3) is 2.42. The molecule has 1 aromatic carbocycles. The molecule has 0 atom stereocenters. The molecular weight excluding hydrogens is 279 g/mol. The largest absolute Gasteiger partial charge is 0.339 e. The van der Waals surface area contributed by atoms with Crippen LogP contribution in [0, 0.1) is 10.1 Å². The third-order valence-corrected chi connectivity index (χ3v) is 3.66. The first-order chi connectivity index (χ1) is 8.41. The second-order valence-corrected chi connectivity index (χ2v) is 4.98. The van der Waals surface area contributed by atoms with E-state index in [0.717, 1.165) is 18.9 Å². The lowest BCUT2D eigenvalue weighted by Gasteiger charge is -2.16. The summed E-state index contributed by atoms with van der Waals surface area (Å²) in [5.74, 6) is -0.279. The number of nitro groups is 1. The van der Waals surface area contributed by atoms with E-state index in [-0.39, 0.29) is 33.2 Å². The minimum atomic E-state index is -0.651. The van der Waals surface area contributed by atoms with Gasteiger partial charge in [-0.1, -0.05) is 23.2 Å². The lowest BCUT2D eigenvalue weighted by molar-refractivity contribution is -0.384. The number of nitrogens with zero attached hydrogens (tertiary/aromatic N) is 2. The summed E-state index contributed by atoms with van der Waals surface area (Å²) in [6.07, 6.45) is 1.93. The molecule has 0 spiro atoms. The first-order valence-corrected chi connectivity index (χ1v) is 6.08. The Morgan fingerprint density at radius 2 is 2.06 bits per heavy atom. The minimum Gasteiger partial charge on any atom is -0.339 e. The van der Waals surface area contributed by atoms with Crippen molar-refractivity contribution in [2.75, 3.05) is 7.05 Å². The quantitative estimate of drug-likeness (QED) is 0.634. The maximum atomic E-state index is 12.1. The van der Waals surface area contributed by atoms with Gasteiger partial charge in [-0.05, 0) is 18.9 Å². The van der Waals surface area contributed by atoms with Crippen molar-refractivity contribution in [1.82, 2.24) is 4.90 Å². The summed E-state index contributed by atoms with van der Waals surface area (Å²) in [5, 5.41) is 10.7. The predicted molar refractivity (Wildman–Crippen MR) is 68.2 cm³/mol. The van der Waals surface area contributed by atoms with Gasteiger partial charge < -0.3 is 4.90 Å². The van der Waals surface area contributed by atoms with E-state index in [2.05, 4.69) is 0 Å². The first kappa shape index (κ1) is 13.1. The Bertz CT molecular complexity index is 529. The summed E-state index contributed by atoms with van der Waals surface area (Å²) < 4.78 is 0. The van der Waals surface area contributed by atoms with E-state index in [1.165, 1.54) is 6.07 Å². The van der Waals surface area contributed by atoms with Crippen molar-refractivity contribution in [3.8, 4) is 0 Å². The molecule has 1 amide bonds. The van der Waals surface area contributed by atoms with Gasteiger partial charge in [-0.15, -0.1) is 0 Å². The molecule has 1 fully saturated rings. The third-order valence-electron chi connectivity index (χ3n) is 2.87. The van der Waals surface area contributed by atoms with Gasteiger partial charge in [0.15, 0.2) is 0 Å². The molecule has 7 heteroatoms. The van der Waals surface area contributed by atoms with Gasteiger partial charge in [-0.2, -0.15) is 0 Å². The molecular formula is C11H10Cl2N2O3. The van der Waals surface area contributed by atoms with E-state index >= 15 is 0 Å². The van der Waals surface area contributed by atoms with Gasteiger partial charge >= 0.3 is 0 Å². The maximum Gasteiger partial charge on any atom is 0.290 e. The zero-order valence-corrected chi connectivity index (χ0v) is 11.0. The highest BCUT2D eigenvalue weighted by Gasteiger charge is 2.31. The lowest BCUT2D eigenvalue weighted by atomic mass is 10.1. The number of nitro benzene ring substituents is 1. The van der Waals surface area contributed by atoms with Gasteiger partial charge in [0.05, 0.1) is 9.95 Å². The molecule has 0 bridgehead atoms. The molecule has 0 saturated heterocycles. The Kier molecular flexibility index (Phi) is 3.45. The highest BCUT2D eigenvalue weighted by atomic mass is 35.5. The van der Waals surface area contributed by atoms with Crippen molar-refractivity contribution >= 4 is 34.8 Å². The molecule has 0 aliphatic heterocycles. The summed E-state index contributed by atoms with van der Waals surface area (Å²) in [6, 6.07) is 2.75. The van der Waals surface area contributed by atoms with E-state index in [4.69, 9.17) is 23.2 Å². The zero-order valence-electron chi connectivity index (χ0n) is 9.52. The highest BCUT2D eigenvalue weighted by molar-refractivity contribution is 6.43. The topological polar surface area (TPSA) is 63.5 Å². The summed E-state index contributed by atoms with van der Waals surface area (Å²) in [6.45, 7) is 0. The monoisotopic (exact) mass is 288 g/mol. The van der Waals surface area contributed by atoms with Gasteiger partial charge in [-0.25, -0.2) is 0 Å². The molecule has 1 aromatic rings.